The highest BCUT2D eigenvalue weighted by atomic mass is 14.5. The van der Waals surface area contributed by atoms with E-state index < -0.39 is 0 Å². The molecular formula is C17H30N2. The number of hydrogen-bond donors (Lipinski definition) is 2. The van der Waals surface area contributed by atoms with E-state index in [4.69, 9.17) is 11.1 Å². The third-order valence-corrected chi connectivity index (χ3v) is 4.10. The molecule has 0 aromatic rings. The molecule has 0 aromatic heterocycles. The van der Waals surface area contributed by atoms with E-state index in [1.165, 1.54) is 30.4 Å². The summed E-state index contributed by atoms with van der Waals surface area (Å²) < 4.78 is 0. The molecule has 1 aliphatic carbocycles. The largest absolute Gasteiger partial charge is 0.330 e. The van der Waals surface area contributed by atoms with Crippen molar-refractivity contribution in [3.05, 3.63) is 23.3 Å². The van der Waals surface area contributed by atoms with Gasteiger partial charge in [-0.1, -0.05) is 31.1 Å². The van der Waals surface area contributed by atoms with Crippen molar-refractivity contribution in [2.24, 2.45) is 11.7 Å². The number of nitrogens with two attached hydrogens (primary N) is 1. The summed E-state index contributed by atoms with van der Waals surface area (Å²) in [6.07, 6.45) is 13.7. The van der Waals surface area contributed by atoms with Crippen LogP contribution in [0.15, 0.2) is 23.3 Å². The van der Waals surface area contributed by atoms with Crippen molar-refractivity contribution in [1.29, 1.82) is 5.41 Å². The van der Waals surface area contributed by atoms with Gasteiger partial charge in [0.25, 0.3) is 0 Å². The first-order valence-electron chi connectivity index (χ1n) is 7.77. The molecule has 108 valence electrons. The van der Waals surface area contributed by atoms with E-state index in [9.17, 15) is 0 Å². The van der Waals surface area contributed by atoms with Gasteiger partial charge in [-0.2, -0.15) is 0 Å². The van der Waals surface area contributed by atoms with E-state index >= 15 is 0 Å². The van der Waals surface area contributed by atoms with E-state index in [0.29, 0.717) is 5.92 Å². The number of hydrogen-bond acceptors (Lipinski definition) is 2. The van der Waals surface area contributed by atoms with Gasteiger partial charge in [-0.05, 0) is 69.9 Å². The minimum absolute atomic E-state index is 0.410. The zero-order valence-electron chi connectivity index (χ0n) is 12.7. The average Bonchev–Trinajstić information content (AvgIpc) is 2.40. The van der Waals surface area contributed by atoms with E-state index in [1.807, 2.05) is 0 Å². The summed E-state index contributed by atoms with van der Waals surface area (Å²) in [5, 5.41) is 8.01. The number of nitrogens with one attached hydrogen (secondary N) is 1. The van der Waals surface area contributed by atoms with E-state index in [-0.39, 0.29) is 0 Å². The van der Waals surface area contributed by atoms with Crippen LogP contribution in [0.25, 0.3) is 0 Å². The molecule has 1 aliphatic rings. The van der Waals surface area contributed by atoms with Crippen LogP contribution in [-0.2, 0) is 0 Å². The summed E-state index contributed by atoms with van der Waals surface area (Å²) in [6, 6.07) is 0. The van der Waals surface area contributed by atoms with Gasteiger partial charge >= 0.3 is 0 Å². The van der Waals surface area contributed by atoms with Gasteiger partial charge in [0.15, 0.2) is 0 Å². The van der Waals surface area contributed by atoms with Crippen molar-refractivity contribution < 1.29 is 0 Å². The van der Waals surface area contributed by atoms with Gasteiger partial charge in [-0.25, -0.2) is 0 Å². The highest BCUT2D eigenvalue weighted by Crippen LogP contribution is 2.22. The molecule has 0 saturated carbocycles. The van der Waals surface area contributed by atoms with E-state index in [0.717, 1.165) is 44.4 Å². The second-order valence-corrected chi connectivity index (χ2v) is 5.82. The van der Waals surface area contributed by atoms with Gasteiger partial charge in [0.2, 0.25) is 0 Å². The van der Waals surface area contributed by atoms with Crippen LogP contribution in [0.4, 0.5) is 0 Å². The summed E-state index contributed by atoms with van der Waals surface area (Å²) >= 11 is 0. The first kappa shape index (κ1) is 16.2. The maximum Gasteiger partial charge on any atom is 0.0120 e. The standard InChI is InChI=1S/C17H30N2/c1-14-8-7-12-17(19)15(2)9-6-11-16(14)10-4-3-5-13-18/h6,11,15,19H,3-5,7-10,12-13,18H2,1-2H3. The Bertz CT molecular complexity index is 339. The van der Waals surface area contributed by atoms with Gasteiger partial charge in [0.05, 0.1) is 0 Å². The monoisotopic (exact) mass is 262 g/mol. The van der Waals surface area contributed by atoms with Crippen LogP contribution in [0.3, 0.4) is 0 Å². The Morgan fingerprint density at radius 3 is 2.79 bits per heavy atom. The molecule has 0 heterocycles. The normalized spacial score (nSPS) is 21.8. The average molecular weight is 262 g/mol. The fraction of sp³-hybridized carbons (Fsp3) is 0.706. The first-order chi connectivity index (χ1) is 9.15. The van der Waals surface area contributed by atoms with E-state index in [2.05, 4.69) is 26.0 Å². The maximum atomic E-state index is 8.01. The third-order valence-electron chi connectivity index (χ3n) is 4.10. The summed E-state index contributed by atoms with van der Waals surface area (Å²) in [5.41, 5.74) is 9.51. The van der Waals surface area contributed by atoms with Crippen molar-refractivity contribution in [3.8, 4) is 0 Å². The Morgan fingerprint density at radius 1 is 1.26 bits per heavy atom. The van der Waals surface area contributed by atoms with Crippen molar-refractivity contribution in [2.45, 2.75) is 65.2 Å². The summed E-state index contributed by atoms with van der Waals surface area (Å²) in [7, 11) is 0. The van der Waals surface area contributed by atoms with Gasteiger partial charge in [-0.3, -0.25) is 0 Å². The van der Waals surface area contributed by atoms with Crippen molar-refractivity contribution in [2.75, 3.05) is 6.54 Å². The number of allylic oxidation sites excluding steroid dienone is 4. The Morgan fingerprint density at radius 2 is 2.05 bits per heavy atom. The molecule has 19 heavy (non-hydrogen) atoms. The van der Waals surface area contributed by atoms with E-state index in [1.54, 1.807) is 0 Å². The Kier molecular flexibility index (Phi) is 7.73. The third kappa shape index (κ3) is 6.20. The molecule has 0 amide bonds. The first-order valence-corrected chi connectivity index (χ1v) is 7.77. The predicted octanol–water partition coefficient (Wildman–Crippen LogP) is 4.61. The fourth-order valence-corrected chi connectivity index (χ4v) is 2.58. The Hall–Kier alpha value is -0.890. The van der Waals surface area contributed by atoms with Crippen LogP contribution in [0.5, 0.6) is 0 Å². The predicted molar refractivity (Wildman–Crippen MR) is 84.7 cm³/mol. The van der Waals surface area contributed by atoms with Gasteiger partial charge in [0, 0.05) is 5.71 Å². The molecule has 0 fully saturated rings. The molecule has 0 saturated heterocycles. The zero-order valence-corrected chi connectivity index (χ0v) is 12.7. The lowest BCUT2D eigenvalue weighted by molar-refractivity contribution is 0.678. The van der Waals surface area contributed by atoms with Crippen LogP contribution in [0.1, 0.15) is 65.2 Å². The summed E-state index contributed by atoms with van der Waals surface area (Å²) in [4.78, 5) is 0. The smallest absolute Gasteiger partial charge is 0.0120 e. The Labute approximate surface area is 118 Å². The molecular weight excluding hydrogens is 232 g/mol. The number of unbranched alkanes of at least 4 members (excludes halogenated alkanes) is 2. The topological polar surface area (TPSA) is 49.9 Å². The SMILES string of the molecule is CC1=C(CCCCCN)C=CCC(C)C(=N)CCC1. The zero-order chi connectivity index (χ0) is 14.1. The Balaban J connectivity index is 2.59. The lowest BCUT2D eigenvalue weighted by Crippen LogP contribution is -2.09. The maximum absolute atomic E-state index is 8.01. The molecule has 3 N–H and O–H groups in total. The second-order valence-electron chi connectivity index (χ2n) is 5.82. The molecule has 0 aromatic carbocycles. The lowest BCUT2D eigenvalue weighted by atomic mass is 9.91. The molecule has 0 spiro atoms. The molecule has 0 radical (unpaired) electrons. The minimum Gasteiger partial charge on any atom is -0.330 e. The molecule has 0 aliphatic heterocycles. The van der Waals surface area contributed by atoms with Crippen LogP contribution in [0.2, 0.25) is 0 Å². The fourth-order valence-electron chi connectivity index (χ4n) is 2.58. The number of rotatable bonds is 5. The summed E-state index contributed by atoms with van der Waals surface area (Å²) in [5.74, 6) is 0.410. The van der Waals surface area contributed by atoms with Crippen LogP contribution in [0, 0.1) is 11.3 Å². The molecule has 1 rings (SSSR count). The quantitative estimate of drug-likeness (QED) is 0.698. The van der Waals surface area contributed by atoms with Crippen molar-refractivity contribution in [3.63, 3.8) is 0 Å². The second kappa shape index (κ2) is 9.08. The van der Waals surface area contributed by atoms with Crippen LogP contribution in [-0.4, -0.2) is 12.3 Å². The van der Waals surface area contributed by atoms with Crippen LogP contribution < -0.4 is 5.73 Å². The molecule has 2 nitrogen and oxygen atoms in total. The van der Waals surface area contributed by atoms with Gasteiger partial charge < -0.3 is 11.1 Å². The van der Waals surface area contributed by atoms with Crippen molar-refractivity contribution >= 4 is 5.71 Å². The molecule has 1 atom stereocenters. The minimum atomic E-state index is 0.410. The van der Waals surface area contributed by atoms with Crippen molar-refractivity contribution in [1.82, 2.24) is 0 Å². The highest BCUT2D eigenvalue weighted by Gasteiger charge is 2.09. The van der Waals surface area contributed by atoms with Gasteiger partial charge in [0.1, 0.15) is 0 Å². The van der Waals surface area contributed by atoms with Gasteiger partial charge in [-0.15, -0.1) is 0 Å². The molecule has 0 bridgehead atoms. The molecule has 1 unspecified atom stereocenters. The summed E-state index contributed by atoms with van der Waals surface area (Å²) in [6.45, 7) is 5.25. The molecule has 2 heteroatoms. The lowest BCUT2D eigenvalue weighted by Gasteiger charge is -2.15. The van der Waals surface area contributed by atoms with Crippen LogP contribution >= 0.6 is 0 Å². The highest BCUT2D eigenvalue weighted by molar-refractivity contribution is 5.83.